The van der Waals surface area contributed by atoms with Crippen LogP contribution in [0.1, 0.15) is 50.3 Å². The predicted molar refractivity (Wildman–Crippen MR) is 145 cm³/mol. The number of carbonyl (C=O) groups excluding carboxylic acids is 1. The summed E-state index contributed by atoms with van der Waals surface area (Å²) in [5.41, 5.74) is 1.10. The number of fused-ring (bicyclic) bond motifs is 1. The van der Waals surface area contributed by atoms with Gasteiger partial charge < -0.3 is 19.5 Å². The van der Waals surface area contributed by atoms with Crippen LogP contribution in [0.15, 0.2) is 84.9 Å². The summed E-state index contributed by atoms with van der Waals surface area (Å²) in [5.74, 6) is 0.422. The molecule has 1 N–H and O–H groups in total. The average molecular weight is 500 g/mol. The van der Waals surface area contributed by atoms with E-state index in [1.54, 1.807) is 12.0 Å². The third-order valence-corrected chi connectivity index (χ3v) is 8.27. The zero-order chi connectivity index (χ0) is 26.3. The molecule has 3 aromatic rings. The van der Waals surface area contributed by atoms with E-state index < -0.39 is 11.2 Å². The normalized spacial score (nSPS) is 24.8. The van der Waals surface area contributed by atoms with E-state index in [1.807, 2.05) is 57.2 Å². The summed E-state index contributed by atoms with van der Waals surface area (Å²) in [7, 11) is 1.64. The number of likely N-dealkylation sites (tertiary alicyclic amines) is 1. The Morgan fingerprint density at radius 2 is 1.38 bits per heavy atom. The predicted octanol–water partition coefficient (Wildman–Crippen LogP) is 6.15. The van der Waals surface area contributed by atoms with Crippen molar-refractivity contribution in [2.75, 3.05) is 20.2 Å². The molecular weight excluding hydrogens is 462 g/mol. The van der Waals surface area contributed by atoms with Crippen molar-refractivity contribution in [1.82, 2.24) is 4.90 Å². The van der Waals surface area contributed by atoms with Gasteiger partial charge in [-0.2, -0.15) is 0 Å². The minimum absolute atomic E-state index is 0.0338. The molecule has 5 nitrogen and oxygen atoms in total. The van der Waals surface area contributed by atoms with Gasteiger partial charge in [-0.1, -0.05) is 78.9 Å². The molecule has 1 aliphatic carbocycles. The summed E-state index contributed by atoms with van der Waals surface area (Å²) in [6.45, 7) is 6.57. The number of hydrogen-bond donors (Lipinski definition) is 1. The van der Waals surface area contributed by atoms with Crippen LogP contribution in [0.2, 0.25) is 0 Å². The minimum Gasteiger partial charge on any atom is -0.496 e. The Morgan fingerprint density at radius 1 is 0.838 bits per heavy atom. The van der Waals surface area contributed by atoms with Crippen molar-refractivity contribution in [2.24, 2.45) is 11.8 Å². The highest BCUT2D eigenvalue weighted by Crippen LogP contribution is 2.60. The second-order valence-corrected chi connectivity index (χ2v) is 11.4. The van der Waals surface area contributed by atoms with E-state index in [0.29, 0.717) is 25.3 Å². The van der Waals surface area contributed by atoms with E-state index in [2.05, 4.69) is 48.5 Å². The number of para-hydroxylation sites is 1. The molecule has 0 spiro atoms. The van der Waals surface area contributed by atoms with Crippen LogP contribution in [0, 0.1) is 11.8 Å². The number of benzene rings is 3. The first-order valence-electron chi connectivity index (χ1n) is 13.1. The van der Waals surface area contributed by atoms with Gasteiger partial charge in [-0.15, -0.1) is 0 Å². The van der Waals surface area contributed by atoms with Gasteiger partial charge in [0.2, 0.25) is 0 Å². The first kappa shape index (κ1) is 25.3. The number of ether oxygens (including phenoxy) is 2. The third kappa shape index (κ3) is 4.40. The smallest absolute Gasteiger partial charge is 0.410 e. The summed E-state index contributed by atoms with van der Waals surface area (Å²) in [4.78, 5) is 15.2. The molecule has 2 fully saturated rings. The minimum atomic E-state index is -1.15. The van der Waals surface area contributed by atoms with E-state index in [4.69, 9.17) is 9.47 Å². The summed E-state index contributed by atoms with van der Waals surface area (Å²) in [5, 5.41) is 12.5. The van der Waals surface area contributed by atoms with Crippen LogP contribution in [-0.4, -0.2) is 41.9 Å². The van der Waals surface area contributed by atoms with Crippen LogP contribution in [0.5, 0.6) is 5.75 Å². The molecule has 1 amide bonds. The largest absolute Gasteiger partial charge is 0.496 e. The Morgan fingerprint density at radius 3 is 1.95 bits per heavy atom. The molecule has 3 aromatic carbocycles. The van der Waals surface area contributed by atoms with E-state index >= 15 is 0 Å². The van der Waals surface area contributed by atoms with E-state index in [1.165, 1.54) is 11.1 Å². The number of aliphatic hydroxyl groups is 1. The van der Waals surface area contributed by atoms with E-state index in [9.17, 15) is 9.90 Å². The molecular formula is C32H37NO4. The number of methoxy groups -OCH3 is 1. The lowest BCUT2D eigenvalue weighted by Crippen LogP contribution is -2.53. The molecule has 5 rings (SSSR count). The van der Waals surface area contributed by atoms with Crippen molar-refractivity contribution in [1.29, 1.82) is 0 Å². The molecule has 0 bridgehead atoms. The van der Waals surface area contributed by atoms with Gasteiger partial charge in [0.1, 0.15) is 11.4 Å². The Balaban J connectivity index is 1.67. The van der Waals surface area contributed by atoms with Gasteiger partial charge in [-0.05, 0) is 56.7 Å². The second-order valence-electron chi connectivity index (χ2n) is 11.4. The van der Waals surface area contributed by atoms with Crippen molar-refractivity contribution in [3.8, 4) is 5.75 Å². The first-order valence-corrected chi connectivity index (χ1v) is 13.1. The van der Waals surface area contributed by atoms with Gasteiger partial charge in [0.05, 0.1) is 12.7 Å². The summed E-state index contributed by atoms with van der Waals surface area (Å²) >= 11 is 0. The summed E-state index contributed by atoms with van der Waals surface area (Å²) < 4.78 is 11.5. The van der Waals surface area contributed by atoms with Crippen molar-refractivity contribution in [3.63, 3.8) is 0 Å². The van der Waals surface area contributed by atoms with Gasteiger partial charge in [0.15, 0.2) is 0 Å². The fourth-order valence-corrected chi connectivity index (χ4v) is 6.71. The van der Waals surface area contributed by atoms with Crippen LogP contribution in [0.4, 0.5) is 4.79 Å². The molecule has 1 aliphatic heterocycles. The van der Waals surface area contributed by atoms with Gasteiger partial charge in [-0.25, -0.2) is 4.79 Å². The lowest BCUT2D eigenvalue weighted by molar-refractivity contribution is -0.0852. The number of rotatable bonds is 4. The molecule has 37 heavy (non-hydrogen) atoms. The third-order valence-electron chi connectivity index (χ3n) is 8.27. The van der Waals surface area contributed by atoms with E-state index in [-0.39, 0.29) is 23.3 Å². The average Bonchev–Trinajstić information content (AvgIpc) is 3.37. The molecule has 3 atom stereocenters. The quantitative estimate of drug-likeness (QED) is 0.468. The van der Waals surface area contributed by atoms with Gasteiger partial charge >= 0.3 is 6.09 Å². The Bertz CT molecular complexity index is 1200. The Hall–Kier alpha value is -3.31. The zero-order valence-electron chi connectivity index (χ0n) is 22.2. The maximum Gasteiger partial charge on any atom is 0.410 e. The topological polar surface area (TPSA) is 59.0 Å². The highest BCUT2D eigenvalue weighted by atomic mass is 16.6. The highest BCUT2D eigenvalue weighted by molar-refractivity contribution is 5.69. The number of carbonyl (C=O) groups is 1. The highest BCUT2D eigenvalue weighted by Gasteiger charge is 2.61. The van der Waals surface area contributed by atoms with E-state index in [0.717, 1.165) is 12.0 Å². The second kappa shape index (κ2) is 9.53. The maximum absolute atomic E-state index is 13.4. The number of nitrogens with zero attached hydrogens (tertiary/aromatic N) is 1. The van der Waals surface area contributed by atoms with Crippen molar-refractivity contribution in [2.45, 2.75) is 50.2 Å². The Labute approximate surface area is 220 Å². The fraction of sp³-hybridized carbons (Fsp3) is 0.406. The zero-order valence-corrected chi connectivity index (χ0v) is 22.2. The van der Waals surface area contributed by atoms with Crippen LogP contribution in [0.3, 0.4) is 0 Å². The van der Waals surface area contributed by atoms with Gasteiger partial charge in [0.25, 0.3) is 0 Å². The Kier molecular flexibility index (Phi) is 6.53. The van der Waals surface area contributed by atoms with Crippen molar-refractivity contribution < 1.29 is 19.4 Å². The molecule has 5 heteroatoms. The van der Waals surface area contributed by atoms with Gasteiger partial charge in [-0.3, -0.25) is 0 Å². The lowest BCUT2D eigenvalue weighted by atomic mass is 9.52. The molecule has 1 heterocycles. The fourth-order valence-electron chi connectivity index (χ4n) is 6.71. The monoisotopic (exact) mass is 499 g/mol. The molecule has 0 aromatic heterocycles. The maximum atomic E-state index is 13.4. The summed E-state index contributed by atoms with van der Waals surface area (Å²) in [6, 6.07) is 28.9. The van der Waals surface area contributed by atoms with Crippen LogP contribution in [-0.2, 0) is 15.8 Å². The number of amides is 1. The molecule has 1 saturated carbocycles. The molecule has 2 aliphatic rings. The number of hydrogen-bond acceptors (Lipinski definition) is 4. The van der Waals surface area contributed by atoms with Crippen LogP contribution < -0.4 is 4.74 Å². The lowest BCUT2D eigenvalue weighted by Gasteiger charge is -2.53. The SMILES string of the molecule is COc1ccccc1C1(O)CCC(c2ccccc2)(c2ccccc2)[C@H]2CN(C(=O)OC(C)(C)C)CC21. The van der Waals surface area contributed by atoms with Crippen LogP contribution in [0.25, 0.3) is 0 Å². The standard InChI is InChI=1S/C32H37NO4/c1-30(2,3)37-29(34)33-21-26-27(22-33)32(35,25-17-11-12-18-28(25)36-4)20-19-31(26,23-13-7-5-8-14-23)24-15-9-6-10-16-24/h5-18,26-27,35H,19-22H2,1-4H3/t26-,27?,32?/m0/s1. The first-order chi connectivity index (χ1) is 17.7. The molecule has 0 radical (unpaired) electrons. The molecule has 194 valence electrons. The van der Waals surface area contributed by atoms with Crippen molar-refractivity contribution in [3.05, 3.63) is 102 Å². The summed E-state index contributed by atoms with van der Waals surface area (Å²) in [6.07, 6.45) is 0.943. The van der Waals surface area contributed by atoms with Crippen LogP contribution >= 0.6 is 0 Å². The molecule has 1 saturated heterocycles. The van der Waals surface area contributed by atoms with Gasteiger partial charge in [0, 0.05) is 30.0 Å². The molecule has 2 unspecified atom stereocenters. The van der Waals surface area contributed by atoms with Crippen molar-refractivity contribution >= 4 is 6.09 Å².